The molecule has 1 amide bonds. The van der Waals surface area contributed by atoms with Gasteiger partial charge in [-0.05, 0) is 12.5 Å². The lowest BCUT2D eigenvalue weighted by Gasteiger charge is -2.34. The van der Waals surface area contributed by atoms with Crippen LogP contribution in [-0.2, 0) is 14.8 Å². The lowest BCUT2D eigenvalue weighted by atomic mass is 10.2. The van der Waals surface area contributed by atoms with Crippen molar-refractivity contribution in [1.29, 1.82) is 0 Å². The molecule has 1 saturated heterocycles. The molecule has 2 rings (SSSR count). The number of benzene rings is 1. The second-order valence-corrected chi connectivity index (χ2v) is 7.93. The summed E-state index contributed by atoms with van der Waals surface area (Å²) in [6, 6.07) is 5.03. The number of nitro benzene ring substituents is 1. The lowest BCUT2D eigenvalue weighted by molar-refractivity contribution is -0.385. The van der Waals surface area contributed by atoms with E-state index < -0.39 is 14.9 Å². The van der Waals surface area contributed by atoms with Crippen molar-refractivity contribution in [3.63, 3.8) is 0 Å². The number of carbonyl (C=O) groups is 1. The standard InChI is InChI=1S/C16H23N3O5S/c1-2-3-4-8-16(20)17-9-11-18(12-10-17)25(23,24)15-7-5-6-14(13-15)19(21)22/h5-7,13H,2-4,8-12H2,1H3. The number of nitrogens with zero attached hydrogens (tertiary/aromatic N) is 3. The van der Waals surface area contributed by atoms with Crippen LogP contribution in [-0.4, -0.2) is 54.6 Å². The minimum atomic E-state index is -3.80. The summed E-state index contributed by atoms with van der Waals surface area (Å²) in [7, 11) is -3.80. The normalized spacial score (nSPS) is 16.0. The lowest BCUT2D eigenvalue weighted by Crippen LogP contribution is -2.50. The zero-order valence-electron chi connectivity index (χ0n) is 14.3. The van der Waals surface area contributed by atoms with Crippen molar-refractivity contribution in [3.05, 3.63) is 34.4 Å². The van der Waals surface area contributed by atoms with Crippen LogP contribution in [0.2, 0.25) is 0 Å². The van der Waals surface area contributed by atoms with Crippen LogP contribution < -0.4 is 0 Å². The molecule has 0 unspecified atom stereocenters. The number of carbonyl (C=O) groups excluding carboxylic acids is 1. The van der Waals surface area contributed by atoms with Crippen LogP contribution in [0.3, 0.4) is 0 Å². The van der Waals surface area contributed by atoms with Gasteiger partial charge in [0.05, 0.1) is 9.82 Å². The first-order valence-corrected chi connectivity index (χ1v) is 9.82. The van der Waals surface area contributed by atoms with E-state index in [1.54, 1.807) is 4.90 Å². The molecule has 1 aliphatic rings. The van der Waals surface area contributed by atoms with Gasteiger partial charge in [-0.1, -0.05) is 25.8 Å². The maximum Gasteiger partial charge on any atom is 0.270 e. The number of piperazine rings is 1. The van der Waals surface area contributed by atoms with Crippen LogP contribution in [0.1, 0.15) is 32.6 Å². The van der Waals surface area contributed by atoms with Gasteiger partial charge < -0.3 is 4.90 Å². The summed E-state index contributed by atoms with van der Waals surface area (Å²) >= 11 is 0. The summed E-state index contributed by atoms with van der Waals surface area (Å²) in [6.45, 7) is 3.16. The van der Waals surface area contributed by atoms with Gasteiger partial charge in [0.25, 0.3) is 5.69 Å². The monoisotopic (exact) mass is 369 g/mol. The summed E-state index contributed by atoms with van der Waals surface area (Å²) < 4.78 is 26.6. The second kappa shape index (κ2) is 8.39. The molecule has 0 spiro atoms. The number of unbranched alkanes of at least 4 members (excludes halogenated alkanes) is 2. The van der Waals surface area contributed by atoms with Crippen molar-refractivity contribution >= 4 is 21.6 Å². The molecule has 0 N–H and O–H groups in total. The number of sulfonamides is 1. The van der Waals surface area contributed by atoms with Crippen LogP contribution in [0.5, 0.6) is 0 Å². The molecule has 0 radical (unpaired) electrons. The first kappa shape index (κ1) is 19.3. The third-order valence-electron chi connectivity index (χ3n) is 4.25. The van der Waals surface area contributed by atoms with Gasteiger partial charge >= 0.3 is 0 Å². The maximum absolute atomic E-state index is 12.6. The van der Waals surface area contributed by atoms with Crippen molar-refractivity contribution in [3.8, 4) is 0 Å². The molecule has 1 aromatic rings. The fourth-order valence-corrected chi connectivity index (χ4v) is 4.23. The molecule has 0 atom stereocenters. The summed E-state index contributed by atoms with van der Waals surface area (Å²) in [5.74, 6) is 0.0563. The fraction of sp³-hybridized carbons (Fsp3) is 0.562. The predicted octanol–water partition coefficient (Wildman–Crippen LogP) is 2.01. The molecule has 1 aromatic carbocycles. The zero-order chi connectivity index (χ0) is 18.4. The number of hydrogen-bond acceptors (Lipinski definition) is 5. The molecular weight excluding hydrogens is 346 g/mol. The number of amides is 1. The van der Waals surface area contributed by atoms with Crippen molar-refractivity contribution in [2.75, 3.05) is 26.2 Å². The highest BCUT2D eigenvalue weighted by atomic mass is 32.2. The molecule has 25 heavy (non-hydrogen) atoms. The van der Waals surface area contributed by atoms with Crippen LogP contribution in [0.25, 0.3) is 0 Å². The van der Waals surface area contributed by atoms with Crippen LogP contribution in [0.4, 0.5) is 5.69 Å². The molecule has 0 aromatic heterocycles. The van der Waals surface area contributed by atoms with Gasteiger partial charge in [-0.2, -0.15) is 4.31 Å². The third kappa shape index (κ3) is 4.76. The van der Waals surface area contributed by atoms with Gasteiger partial charge in [-0.3, -0.25) is 14.9 Å². The molecule has 8 nitrogen and oxygen atoms in total. The highest BCUT2D eigenvalue weighted by Crippen LogP contribution is 2.22. The van der Waals surface area contributed by atoms with E-state index >= 15 is 0 Å². The third-order valence-corrected chi connectivity index (χ3v) is 6.15. The average Bonchev–Trinajstić information content (AvgIpc) is 2.62. The number of nitro groups is 1. The quantitative estimate of drug-likeness (QED) is 0.416. The number of non-ortho nitro benzene ring substituents is 1. The Morgan fingerprint density at radius 1 is 1.20 bits per heavy atom. The molecule has 1 aliphatic heterocycles. The van der Waals surface area contributed by atoms with Crippen LogP contribution >= 0.6 is 0 Å². The van der Waals surface area contributed by atoms with Crippen molar-refractivity contribution in [2.24, 2.45) is 0 Å². The van der Waals surface area contributed by atoms with Crippen LogP contribution in [0.15, 0.2) is 29.2 Å². The Hall–Kier alpha value is -2.00. The molecule has 1 fully saturated rings. The van der Waals surface area contributed by atoms with E-state index in [2.05, 4.69) is 6.92 Å². The van der Waals surface area contributed by atoms with E-state index in [1.165, 1.54) is 22.5 Å². The zero-order valence-corrected chi connectivity index (χ0v) is 15.1. The first-order valence-electron chi connectivity index (χ1n) is 8.38. The summed E-state index contributed by atoms with van der Waals surface area (Å²) in [5, 5.41) is 10.8. The fourth-order valence-electron chi connectivity index (χ4n) is 2.77. The van der Waals surface area contributed by atoms with Gasteiger partial charge in [-0.25, -0.2) is 8.42 Å². The molecular formula is C16H23N3O5S. The first-order chi connectivity index (χ1) is 11.9. The molecule has 1 heterocycles. The van der Waals surface area contributed by atoms with Gasteiger partial charge in [0.1, 0.15) is 0 Å². The number of hydrogen-bond donors (Lipinski definition) is 0. The van der Waals surface area contributed by atoms with Crippen LogP contribution in [0, 0.1) is 10.1 Å². The van der Waals surface area contributed by atoms with E-state index in [9.17, 15) is 23.3 Å². The van der Waals surface area contributed by atoms with E-state index in [1.807, 2.05) is 0 Å². The minimum Gasteiger partial charge on any atom is -0.340 e. The Morgan fingerprint density at radius 3 is 2.48 bits per heavy atom. The Bertz CT molecular complexity index is 727. The van der Waals surface area contributed by atoms with Gasteiger partial charge in [0.15, 0.2) is 0 Å². The summed E-state index contributed by atoms with van der Waals surface area (Å²) in [4.78, 5) is 23.9. The molecule has 0 aliphatic carbocycles. The molecule has 138 valence electrons. The van der Waals surface area contributed by atoms with E-state index in [-0.39, 0.29) is 29.6 Å². The predicted molar refractivity (Wildman–Crippen MR) is 92.6 cm³/mol. The van der Waals surface area contributed by atoms with Gasteiger partial charge in [0, 0.05) is 44.7 Å². The van der Waals surface area contributed by atoms with E-state index in [0.29, 0.717) is 19.5 Å². The Labute approximate surface area is 147 Å². The Morgan fingerprint density at radius 2 is 1.88 bits per heavy atom. The Balaban J connectivity index is 2.00. The van der Waals surface area contributed by atoms with Gasteiger partial charge in [-0.15, -0.1) is 0 Å². The number of rotatable bonds is 7. The maximum atomic E-state index is 12.6. The second-order valence-electron chi connectivity index (χ2n) is 6.00. The SMILES string of the molecule is CCCCCC(=O)N1CCN(S(=O)(=O)c2cccc([N+](=O)[O-])c2)CC1. The Kier molecular flexibility index (Phi) is 6.49. The average molecular weight is 369 g/mol. The minimum absolute atomic E-state index is 0.0563. The summed E-state index contributed by atoms with van der Waals surface area (Å²) in [5.41, 5.74) is -0.259. The van der Waals surface area contributed by atoms with E-state index in [4.69, 9.17) is 0 Å². The highest BCUT2D eigenvalue weighted by molar-refractivity contribution is 7.89. The molecule has 9 heteroatoms. The van der Waals surface area contributed by atoms with Gasteiger partial charge in [0.2, 0.25) is 15.9 Å². The van der Waals surface area contributed by atoms with E-state index in [0.717, 1.165) is 25.3 Å². The molecule has 0 saturated carbocycles. The van der Waals surface area contributed by atoms with Crippen molar-refractivity contribution in [2.45, 2.75) is 37.5 Å². The van der Waals surface area contributed by atoms with Crippen molar-refractivity contribution in [1.82, 2.24) is 9.21 Å². The summed E-state index contributed by atoms with van der Waals surface area (Å²) in [6.07, 6.45) is 3.39. The smallest absolute Gasteiger partial charge is 0.270 e. The largest absolute Gasteiger partial charge is 0.340 e. The van der Waals surface area contributed by atoms with Crippen molar-refractivity contribution < 1.29 is 18.1 Å². The molecule has 0 bridgehead atoms. The topological polar surface area (TPSA) is 101 Å². The highest BCUT2D eigenvalue weighted by Gasteiger charge is 2.30.